The number of hydrogen-bond acceptors (Lipinski definition) is 0. The molecular formula is C25H23Cl2Zr-. The number of benzene rings is 3. The molecule has 0 aliphatic heterocycles. The monoisotopic (exact) mass is 483 g/mol. The molecule has 0 heterocycles. The fourth-order valence-electron chi connectivity index (χ4n) is 3.68. The molecule has 0 nitrogen and oxygen atoms in total. The van der Waals surface area contributed by atoms with Crippen LogP contribution in [0.3, 0.4) is 0 Å². The molecule has 0 bridgehead atoms. The van der Waals surface area contributed by atoms with Crippen LogP contribution in [0.5, 0.6) is 0 Å². The van der Waals surface area contributed by atoms with Gasteiger partial charge in [0.2, 0.25) is 0 Å². The van der Waals surface area contributed by atoms with E-state index in [1.165, 1.54) is 44.2 Å². The van der Waals surface area contributed by atoms with Crippen LogP contribution in [0, 0.1) is 6.92 Å². The van der Waals surface area contributed by atoms with Gasteiger partial charge in [0, 0.05) is 0 Å². The van der Waals surface area contributed by atoms with Gasteiger partial charge in [0.15, 0.2) is 0 Å². The first-order chi connectivity index (χ1) is 13.6. The molecule has 0 radical (unpaired) electrons. The van der Waals surface area contributed by atoms with Gasteiger partial charge in [-0.3, -0.25) is 0 Å². The summed E-state index contributed by atoms with van der Waals surface area (Å²) in [6.07, 6.45) is 0. The van der Waals surface area contributed by atoms with Crippen molar-refractivity contribution in [3.05, 3.63) is 90.0 Å². The Morgan fingerprint density at radius 2 is 1.43 bits per heavy atom. The van der Waals surface area contributed by atoms with Gasteiger partial charge in [-0.1, -0.05) is 79.6 Å². The molecule has 0 N–H and O–H groups in total. The van der Waals surface area contributed by atoms with Crippen LogP contribution >= 0.6 is 17.0 Å². The normalized spacial score (nSPS) is 10.6. The molecule has 0 fully saturated rings. The Kier molecular flexibility index (Phi) is 7.64. The van der Waals surface area contributed by atoms with Gasteiger partial charge in [0.1, 0.15) is 0 Å². The van der Waals surface area contributed by atoms with Gasteiger partial charge in [0.05, 0.1) is 0 Å². The van der Waals surface area contributed by atoms with Gasteiger partial charge in [-0.25, -0.2) is 0 Å². The summed E-state index contributed by atoms with van der Waals surface area (Å²) in [4.78, 5) is 0. The fraction of sp³-hybridized carbons (Fsp3) is 0.160. The van der Waals surface area contributed by atoms with Crippen LogP contribution in [0.4, 0.5) is 0 Å². The van der Waals surface area contributed by atoms with Crippen LogP contribution in [0.1, 0.15) is 30.9 Å². The Bertz CT molecular complexity index is 1050. The van der Waals surface area contributed by atoms with E-state index in [0.29, 0.717) is 5.92 Å². The summed E-state index contributed by atoms with van der Waals surface area (Å²) < 4.78 is 0. The van der Waals surface area contributed by atoms with Crippen molar-refractivity contribution >= 4 is 27.8 Å². The van der Waals surface area contributed by atoms with Crippen molar-refractivity contribution in [1.29, 1.82) is 0 Å². The molecule has 0 atom stereocenters. The zero-order valence-corrected chi connectivity index (χ0v) is 20.3. The molecule has 4 aromatic carbocycles. The second kappa shape index (κ2) is 9.97. The first-order valence-corrected chi connectivity index (χ1v) is 15.7. The Hall–Kier alpha value is -1.27. The van der Waals surface area contributed by atoms with Crippen molar-refractivity contribution in [3.8, 4) is 22.3 Å². The first kappa shape index (κ1) is 21.4. The van der Waals surface area contributed by atoms with E-state index in [2.05, 4.69) is 99.6 Å². The van der Waals surface area contributed by atoms with E-state index in [1.807, 2.05) is 0 Å². The van der Waals surface area contributed by atoms with Gasteiger partial charge >= 0.3 is 37.9 Å². The summed E-state index contributed by atoms with van der Waals surface area (Å²) in [5, 5.41) is 2.71. The Labute approximate surface area is 186 Å². The third kappa shape index (κ3) is 4.65. The zero-order valence-electron chi connectivity index (χ0n) is 16.3. The summed E-state index contributed by atoms with van der Waals surface area (Å²) >= 11 is -0.826. The van der Waals surface area contributed by atoms with Crippen LogP contribution < -0.4 is 0 Å². The molecule has 0 aromatic heterocycles. The van der Waals surface area contributed by atoms with E-state index >= 15 is 0 Å². The molecule has 0 unspecified atom stereocenters. The maximum atomic E-state index is 4.93. The molecular weight excluding hydrogens is 462 g/mol. The van der Waals surface area contributed by atoms with Gasteiger partial charge in [-0.05, 0) is 29.5 Å². The summed E-state index contributed by atoms with van der Waals surface area (Å²) in [5.41, 5.74) is 7.99. The second-order valence-corrected chi connectivity index (χ2v) is 10.9. The minimum absolute atomic E-state index is 0.546. The molecule has 0 amide bonds. The average molecular weight is 486 g/mol. The number of fused-ring (bicyclic) bond motifs is 1. The molecule has 4 aromatic rings. The molecule has 0 saturated carbocycles. The average Bonchev–Trinajstić information content (AvgIpc) is 3.14. The van der Waals surface area contributed by atoms with Crippen molar-refractivity contribution in [1.82, 2.24) is 0 Å². The molecule has 28 heavy (non-hydrogen) atoms. The molecule has 0 spiro atoms. The van der Waals surface area contributed by atoms with Crippen LogP contribution in [-0.4, -0.2) is 0 Å². The fourth-order valence-corrected chi connectivity index (χ4v) is 3.68. The van der Waals surface area contributed by atoms with Gasteiger partial charge < -0.3 is 0 Å². The quantitative estimate of drug-likeness (QED) is 0.255. The van der Waals surface area contributed by atoms with E-state index in [1.54, 1.807) is 0 Å². The maximum absolute atomic E-state index is 4.93. The Morgan fingerprint density at radius 3 is 2.07 bits per heavy atom. The van der Waals surface area contributed by atoms with Crippen molar-refractivity contribution in [2.24, 2.45) is 0 Å². The molecule has 0 saturated heterocycles. The number of rotatable bonds is 3. The van der Waals surface area contributed by atoms with Crippen LogP contribution in [0.15, 0.2) is 78.9 Å². The van der Waals surface area contributed by atoms with E-state index in [9.17, 15) is 0 Å². The standard InChI is InChI=1S/C25H23.2ClH.Zr/c1-17(2)21-15-20-14-13-18(3)25(24(20)16-21)23-12-8-7-11-22(23)19-9-5-4-6-10-19;;;/h4-17H,1-3H3;2*1H;/q-1;;;+2/p-2. The van der Waals surface area contributed by atoms with Crippen LogP contribution in [0.2, 0.25) is 0 Å². The third-order valence-electron chi connectivity index (χ3n) is 5.07. The van der Waals surface area contributed by atoms with E-state index in [0.717, 1.165) is 0 Å². The number of halogens is 2. The summed E-state index contributed by atoms with van der Waals surface area (Å²) in [7, 11) is 9.87. The van der Waals surface area contributed by atoms with Crippen molar-refractivity contribution in [2.75, 3.05) is 0 Å². The predicted molar refractivity (Wildman–Crippen MR) is 121 cm³/mol. The SMILES string of the molecule is Cc1ccc2[cH-]c(C(C)C)cc2c1-c1ccccc1-c1ccccc1.[Cl][Zr][Cl]. The minimum atomic E-state index is -0.826. The molecule has 0 aliphatic rings. The topological polar surface area (TPSA) is 0 Å². The van der Waals surface area contributed by atoms with Crippen LogP contribution in [-0.2, 0) is 20.8 Å². The van der Waals surface area contributed by atoms with Crippen molar-refractivity contribution < 1.29 is 20.8 Å². The van der Waals surface area contributed by atoms with Gasteiger partial charge in [-0.15, -0.1) is 34.5 Å². The molecule has 4 rings (SSSR count). The summed E-state index contributed by atoms with van der Waals surface area (Å²) in [5.74, 6) is 0.546. The third-order valence-corrected chi connectivity index (χ3v) is 5.07. The molecule has 3 heteroatoms. The van der Waals surface area contributed by atoms with Crippen molar-refractivity contribution in [2.45, 2.75) is 26.7 Å². The van der Waals surface area contributed by atoms with Crippen molar-refractivity contribution in [3.63, 3.8) is 0 Å². The van der Waals surface area contributed by atoms with E-state index in [4.69, 9.17) is 17.0 Å². The zero-order chi connectivity index (χ0) is 20.1. The summed E-state index contributed by atoms with van der Waals surface area (Å²) in [6.45, 7) is 6.75. The number of aryl methyl sites for hydroxylation is 1. The second-order valence-electron chi connectivity index (χ2n) is 7.19. The predicted octanol–water partition coefficient (Wildman–Crippen LogP) is 8.70. The van der Waals surface area contributed by atoms with E-state index < -0.39 is 20.8 Å². The van der Waals surface area contributed by atoms with Gasteiger partial charge in [-0.2, -0.15) is 6.07 Å². The Morgan fingerprint density at radius 1 is 0.821 bits per heavy atom. The molecule has 0 aliphatic carbocycles. The summed E-state index contributed by atoms with van der Waals surface area (Å²) in [6, 6.07) is 28.7. The number of hydrogen-bond donors (Lipinski definition) is 0. The Balaban J connectivity index is 0.000000706. The molecule has 142 valence electrons. The first-order valence-electron chi connectivity index (χ1n) is 9.37. The van der Waals surface area contributed by atoms with Crippen LogP contribution in [0.25, 0.3) is 33.0 Å². The van der Waals surface area contributed by atoms with Gasteiger partial charge in [0.25, 0.3) is 0 Å². The van der Waals surface area contributed by atoms with E-state index in [-0.39, 0.29) is 0 Å².